The van der Waals surface area contributed by atoms with Gasteiger partial charge in [0.25, 0.3) is 0 Å². The van der Waals surface area contributed by atoms with Crippen LogP contribution in [0.2, 0.25) is 0 Å². The molecular weight excluding hydrogens is 380 g/mol. The minimum absolute atomic E-state index is 0.175. The number of hydrogen-bond acceptors (Lipinski definition) is 4. The fourth-order valence-corrected chi connectivity index (χ4v) is 3.72. The van der Waals surface area contributed by atoms with E-state index in [9.17, 15) is 4.79 Å². The van der Waals surface area contributed by atoms with Crippen molar-refractivity contribution < 1.29 is 14.3 Å². The molecule has 0 unspecified atom stereocenters. The van der Waals surface area contributed by atoms with Crippen LogP contribution >= 0.6 is 0 Å². The molecule has 2 aromatic rings. The fraction of sp³-hybridized carbons (Fsp3) is 0.391. The quantitative estimate of drug-likeness (QED) is 0.451. The lowest BCUT2D eigenvalue weighted by Gasteiger charge is -2.28. The molecule has 3 N–H and O–H groups in total. The average molecular weight is 409 g/mol. The van der Waals surface area contributed by atoms with Gasteiger partial charge in [-0.05, 0) is 36.1 Å². The predicted molar refractivity (Wildman–Crippen MR) is 117 cm³/mol. The summed E-state index contributed by atoms with van der Waals surface area (Å²) in [7, 11) is 0. The van der Waals surface area contributed by atoms with E-state index in [1.807, 2.05) is 29.2 Å². The van der Waals surface area contributed by atoms with Gasteiger partial charge in [-0.15, -0.1) is 0 Å². The molecule has 0 spiro atoms. The second-order valence-electron chi connectivity index (χ2n) is 7.54. The van der Waals surface area contributed by atoms with E-state index >= 15 is 0 Å². The van der Waals surface area contributed by atoms with E-state index in [0.29, 0.717) is 50.9 Å². The first-order chi connectivity index (χ1) is 14.7. The highest BCUT2D eigenvalue weighted by molar-refractivity contribution is 5.92. The molecule has 30 heavy (non-hydrogen) atoms. The lowest BCUT2D eigenvalue weighted by Crippen LogP contribution is -2.35. The van der Waals surface area contributed by atoms with Crippen LogP contribution in [0.3, 0.4) is 0 Å². The van der Waals surface area contributed by atoms with Crippen molar-refractivity contribution in [3.05, 3.63) is 53.6 Å². The summed E-state index contributed by atoms with van der Waals surface area (Å²) in [5.74, 6) is 1.95. The van der Waals surface area contributed by atoms with Crippen LogP contribution in [0.4, 0.5) is 5.69 Å². The van der Waals surface area contributed by atoms with Gasteiger partial charge in [-0.1, -0.05) is 24.3 Å². The Morgan fingerprint density at radius 1 is 1.10 bits per heavy atom. The number of nitrogens with two attached hydrogens (primary N) is 1. The van der Waals surface area contributed by atoms with Crippen molar-refractivity contribution in [3.8, 4) is 11.5 Å². The standard InChI is InChI=1S/C23H28N4O3/c24-23(26-19-8-9-20-21(15-19)30-14-4-13-29-20)25-11-3-7-22(28)27-12-10-17-5-1-2-6-18(17)16-27/h1-2,5-6,8-9,15H,3-4,7,10-14,16H2,(H3,24,25,26). The molecule has 0 saturated heterocycles. The zero-order valence-electron chi connectivity index (χ0n) is 17.1. The van der Waals surface area contributed by atoms with E-state index in [1.165, 1.54) is 11.1 Å². The Kier molecular flexibility index (Phi) is 6.37. The summed E-state index contributed by atoms with van der Waals surface area (Å²) in [6, 6.07) is 13.9. The molecule has 0 radical (unpaired) electrons. The Labute approximate surface area is 176 Å². The molecule has 1 amide bonds. The molecule has 7 nitrogen and oxygen atoms in total. The highest BCUT2D eigenvalue weighted by Crippen LogP contribution is 2.32. The number of fused-ring (bicyclic) bond motifs is 2. The predicted octanol–water partition coefficient (Wildman–Crippen LogP) is 2.94. The third-order valence-electron chi connectivity index (χ3n) is 5.33. The maximum atomic E-state index is 12.5. The van der Waals surface area contributed by atoms with Gasteiger partial charge in [-0.3, -0.25) is 9.79 Å². The van der Waals surface area contributed by atoms with E-state index < -0.39 is 0 Å². The van der Waals surface area contributed by atoms with E-state index in [4.69, 9.17) is 15.2 Å². The first kappa shape index (κ1) is 20.1. The molecule has 7 heteroatoms. The number of rotatable bonds is 5. The molecule has 0 fully saturated rings. The zero-order valence-corrected chi connectivity index (χ0v) is 17.1. The molecule has 0 saturated carbocycles. The minimum atomic E-state index is 0.175. The normalized spacial score (nSPS) is 15.9. The summed E-state index contributed by atoms with van der Waals surface area (Å²) >= 11 is 0. The van der Waals surface area contributed by atoms with E-state index in [2.05, 4.69) is 28.5 Å². The van der Waals surface area contributed by atoms with Gasteiger partial charge >= 0.3 is 0 Å². The molecule has 0 aliphatic carbocycles. The molecule has 2 aliphatic heterocycles. The molecule has 2 aromatic carbocycles. The summed E-state index contributed by atoms with van der Waals surface area (Å²) in [6.45, 7) is 3.28. The van der Waals surface area contributed by atoms with Crippen LogP contribution in [0.5, 0.6) is 11.5 Å². The molecule has 0 bridgehead atoms. The SMILES string of the molecule is NC(=NCCCC(=O)N1CCc2ccccc2C1)Nc1ccc2c(c1)OCCCO2. The third kappa shape index (κ3) is 5.03. The smallest absolute Gasteiger partial charge is 0.222 e. The first-order valence-corrected chi connectivity index (χ1v) is 10.5. The first-order valence-electron chi connectivity index (χ1n) is 10.5. The van der Waals surface area contributed by atoms with E-state index in [-0.39, 0.29) is 5.91 Å². The average Bonchev–Trinajstić information content (AvgIpc) is 3.01. The van der Waals surface area contributed by atoms with Gasteiger partial charge in [0.15, 0.2) is 17.5 Å². The number of nitrogens with one attached hydrogen (secondary N) is 1. The number of carbonyl (C=O) groups excluding carboxylic acids is 1. The van der Waals surface area contributed by atoms with Gasteiger partial charge in [0.2, 0.25) is 5.91 Å². The summed E-state index contributed by atoms with van der Waals surface area (Å²) in [5, 5.41) is 3.07. The number of ether oxygens (including phenoxy) is 2. The molecular formula is C23H28N4O3. The van der Waals surface area contributed by atoms with Crippen LogP contribution in [0.25, 0.3) is 0 Å². The van der Waals surface area contributed by atoms with Crippen LogP contribution in [0.15, 0.2) is 47.5 Å². The lowest BCUT2D eigenvalue weighted by atomic mass is 9.99. The van der Waals surface area contributed by atoms with Crippen LogP contribution in [0.1, 0.15) is 30.4 Å². The summed E-state index contributed by atoms with van der Waals surface area (Å²) < 4.78 is 11.3. The largest absolute Gasteiger partial charge is 0.490 e. The number of aliphatic imine (C=N–C) groups is 1. The number of carbonyl (C=O) groups is 1. The number of amides is 1. The van der Waals surface area contributed by atoms with Gasteiger partial charge in [-0.25, -0.2) is 0 Å². The molecule has 4 rings (SSSR count). The molecule has 158 valence electrons. The zero-order chi connectivity index (χ0) is 20.8. The van der Waals surface area contributed by atoms with Crippen molar-refractivity contribution in [1.29, 1.82) is 0 Å². The minimum Gasteiger partial charge on any atom is -0.490 e. The topological polar surface area (TPSA) is 89.2 Å². The highest BCUT2D eigenvalue weighted by atomic mass is 16.5. The lowest BCUT2D eigenvalue weighted by molar-refractivity contribution is -0.132. The van der Waals surface area contributed by atoms with Gasteiger partial charge in [0.1, 0.15) is 0 Å². The maximum Gasteiger partial charge on any atom is 0.222 e. The van der Waals surface area contributed by atoms with Gasteiger partial charge < -0.3 is 25.4 Å². The van der Waals surface area contributed by atoms with Crippen molar-refractivity contribution >= 4 is 17.6 Å². The third-order valence-corrected chi connectivity index (χ3v) is 5.33. The second kappa shape index (κ2) is 9.52. The Bertz CT molecular complexity index is 928. The van der Waals surface area contributed by atoms with Crippen molar-refractivity contribution in [3.63, 3.8) is 0 Å². The van der Waals surface area contributed by atoms with Gasteiger partial charge in [0, 0.05) is 44.2 Å². The number of benzene rings is 2. The van der Waals surface area contributed by atoms with Crippen molar-refractivity contribution in [1.82, 2.24) is 4.90 Å². The van der Waals surface area contributed by atoms with E-state index in [0.717, 1.165) is 30.8 Å². The number of hydrogen-bond donors (Lipinski definition) is 2. The Hall–Kier alpha value is -3.22. The molecule has 0 aromatic heterocycles. The van der Waals surface area contributed by atoms with Crippen molar-refractivity contribution in [2.75, 3.05) is 31.6 Å². The van der Waals surface area contributed by atoms with Crippen molar-refractivity contribution in [2.45, 2.75) is 32.2 Å². The van der Waals surface area contributed by atoms with Gasteiger partial charge in [0.05, 0.1) is 13.2 Å². The van der Waals surface area contributed by atoms with Crippen LogP contribution in [-0.2, 0) is 17.8 Å². The molecule has 2 heterocycles. The molecule has 0 atom stereocenters. The Morgan fingerprint density at radius 3 is 2.77 bits per heavy atom. The van der Waals surface area contributed by atoms with E-state index in [1.54, 1.807) is 0 Å². The van der Waals surface area contributed by atoms with Gasteiger partial charge in [-0.2, -0.15) is 0 Å². The second-order valence-corrected chi connectivity index (χ2v) is 7.54. The monoisotopic (exact) mass is 408 g/mol. The van der Waals surface area contributed by atoms with Crippen LogP contribution in [-0.4, -0.2) is 43.1 Å². The van der Waals surface area contributed by atoms with Crippen LogP contribution in [0, 0.1) is 0 Å². The van der Waals surface area contributed by atoms with Crippen LogP contribution < -0.4 is 20.5 Å². The highest BCUT2D eigenvalue weighted by Gasteiger charge is 2.19. The Balaban J connectivity index is 1.23. The fourth-order valence-electron chi connectivity index (χ4n) is 3.72. The number of nitrogens with zero attached hydrogens (tertiary/aromatic N) is 2. The summed E-state index contributed by atoms with van der Waals surface area (Å²) in [4.78, 5) is 18.8. The maximum absolute atomic E-state index is 12.5. The number of guanidine groups is 1. The summed E-state index contributed by atoms with van der Waals surface area (Å²) in [5.41, 5.74) is 9.39. The van der Waals surface area contributed by atoms with Crippen molar-refractivity contribution in [2.24, 2.45) is 10.7 Å². The molecule has 2 aliphatic rings. The Morgan fingerprint density at radius 2 is 1.90 bits per heavy atom. The number of anilines is 1. The summed E-state index contributed by atoms with van der Waals surface area (Å²) in [6.07, 6.45) is 2.93.